The molecule has 0 bridgehead atoms. The Morgan fingerprint density at radius 3 is 2.27 bits per heavy atom. The van der Waals surface area contributed by atoms with Crippen LogP contribution < -0.4 is 5.32 Å². The summed E-state index contributed by atoms with van der Waals surface area (Å²) in [5, 5.41) is 3.44. The van der Waals surface area contributed by atoms with Gasteiger partial charge in [0.2, 0.25) is 0 Å². The van der Waals surface area contributed by atoms with Gasteiger partial charge in [-0.05, 0) is 27.2 Å². The monoisotopic (exact) mass is 159 g/mol. The van der Waals surface area contributed by atoms with Crippen molar-refractivity contribution >= 4 is 0 Å². The summed E-state index contributed by atoms with van der Waals surface area (Å²) in [6.45, 7) is 10.2. The molecule has 1 N–H and O–H groups in total. The largest absolute Gasteiger partial charge is 0.380 e. The van der Waals surface area contributed by atoms with Crippen molar-refractivity contribution in [3.05, 3.63) is 0 Å². The maximum absolute atomic E-state index is 5.28. The van der Waals surface area contributed by atoms with Crippen LogP contribution in [-0.2, 0) is 4.74 Å². The van der Waals surface area contributed by atoms with E-state index in [4.69, 9.17) is 4.74 Å². The lowest BCUT2D eigenvalue weighted by Crippen LogP contribution is -2.37. The van der Waals surface area contributed by atoms with Gasteiger partial charge < -0.3 is 10.1 Å². The van der Waals surface area contributed by atoms with Gasteiger partial charge in [0.1, 0.15) is 0 Å². The smallest absolute Gasteiger partial charge is 0.0616 e. The van der Waals surface area contributed by atoms with Crippen LogP contribution in [0.25, 0.3) is 0 Å². The van der Waals surface area contributed by atoms with Gasteiger partial charge in [-0.15, -0.1) is 0 Å². The highest BCUT2D eigenvalue weighted by atomic mass is 16.5. The highest BCUT2D eigenvalue weighted by Crippen LogP contribution is 1.92. The minimum atomic E-state index is 0.477. The number of nitrogens with one attached hydrogen (secondary N) is 1. The highest BCUT2D eigenvalue weighted by molar-refractivity contribution is 4.64. The van der Waals surface area contributed by atoms with Crippen molar-refractivity contribution in [1.82, 2.24) is 5.32 Å². The topological polar surface area (TPSA) is 21.3 Å². The van der Waals surface area contributed by atoms with E-state index >= 15 is 0 Å². The van der Waals surface area contributed by atoms with Crippen molar-refractivity contribution in [3.8, 4) is 0 Å². The summed E-state index contributed by atoms with van der Waals surface area (Å²) in [4.78, 5) is 0. The first-order valence-corrected chi connectivity index (χ1v) is 4.54. The first-order valence-electron chi connectivity index (χ1n) is 4.54. The van der Waals surface area contributed by atoms with Crippen molar-refractivity contribution in [3.63, 3.8) is 0 Å². The van der Waals surface area contributed by atoms with Crippen LogP contribution in [0.3, 0.4) is 0 Å². The lowest BCUT2D eigenvalue weighted by Gasteiger charge is -2.18. The van der Waals surface area contributed by atoms with E-state index in [0.29, 0.717) is 12.1 Å². The summed E-state index contributed by atoms with van der Waals surface area (Å²) in [6.07, 6.45) is 1.18. The molecule has 0 rings (SSSR count). The van der Waals surface area contributed by atoms with E-state index in [1.54, 1.807) is 0 Å². The zero-order valence-electron chi connectivity index (χ0n) is 8.18. The first-order chi connectivity index (χ1) is 5.20. The Kier molecular flexibility index (Phi) is 6.57. The van der Waals surface area contributed by atoms with Gasteiger partial charge in [0, 0.05) is 18.7 Å². The van der Waals surface area contributed by atoms with E-state index in [-0.39, 0.29) is 0 Å². The lowest BCUT2D eigenvalue weighted by molar-refractivity contribution is 0.124. The summed E-state index contributed by atoms with van der Waals surface area (Å²) in [5.41, 5.74) is 0. The summed E-state index contributed by atoms with van der Waals surface area (Å²) in [6, 6.07) is 1.08. The van der Waals surface area contributed by atoms with Gasteiger partial charge >= 0.3 is 0 Å². The van der Waals surface area contributed by atoms with Crippen molar-refractivity contribution in [2.75, 3.05) is 13.2 Å². The molecule has 0 fully saturated rings. The van der Waals surface area contributed by atoms with Crippen LogP contribution >= 0.6 is 0 Å². The van der Waals surface area contributed by atoms with Crippen molar-refractivity contribution in [2.24, 2.45) is 0 Å². The Morgan fingerprint density at radius 1 is 1.18 bits per heavy atom. The van der Waals surface area contributed by atoms with Crippen LogP contribution in [0.5, 0.6) is 0 Å². The molecule has 2 heteroatoms. The van der Waals surface area contributed by atoms with E-state index in [1.165, 1.54) is 6.42 Å². The SMILES string of the molecule is CCOCC(C)NC(C)CC. The molecule has 0 aliphatic rings. The van der Waals surface area contributed by atoms with Crippen LogP contribution in [-0.4, -0.2) is 25.3 Å². The van der Waals surface area contributed by atoms with Crippen LogP contribution in [0, 0.1) is 0 Å². The van der Waals surface area contributed by atoms with Gasteiger partial charge in [-0.2, -0.15) is 0 Å². The Morgan fingerprint density at radius 2 is 1.82 bits per heavy atom. The quantitative estimate of drug-likeness (QED) is 0.638. The minimum absolute atomic E-state index is 0.477. The molecule has 0 saturated heterocycles. The molecule has 68 valence electrons. The highest BCUT2D eigenvalue weighted by Gasteiger charge is 2.03. The number of hydrogen-bond acceptors (Lipinski definition) is 2. The third-order valence-corrected chi connectivity index (χ3v) is 1.75. The zero-order valence-corrected chi connectivity index (χ0v) is 8.18. The fourth-order valence-electron chi connectivity index (χ4n) is 0.946. The second-order valence-electron chi connectivity index (χ2n) is 3.04. The van der Waals surface area contributed by atoms with E-state index in [2.05, 4.69) is 26.1 Å². The molecule has 0 radical (unpaired) electrons. The van der Waals surface area contributed by atoms with Gasteiger partial charge in [-0.1, -0.05) is 6.92 Å². The number of rotatable bonds is 6. The summed E-state index contributed by atoms with van der Waals surface area (Å²) in [5.74, 6) is 0. The van der Waals surface area contributed by atoms with Crippen LogP contribution in [0.2, 0.25) is 0 Å². The Hall–Kier alpha value is -0.0800. The molecule has 0 heterocycles. The molecule has 0 saturated carbocycles. The molecule has 0 aromatic rings. The lowest BCUT2D eigenvalue weighted by atomic mass is 10.2. The van der Waals surface area contributed by atoms with E-state index in [9.17, 15) is 0 Å². The molecular formula is C9H21NO. The van der Waals surface area contributed by atoms with Crippen LogP contribution in [0.4, 0.5) is 0 Å². The standard InChI is InChI=1S/C9H21NO/c1-5-8(3)10-9(4)7-11-6-2/h8-10H,5-7H2,1-4H3. The minimum Gasteiger partial charge on any atom is -0.380 e. The predicted octanol–water partition coefficient (Wildman–Crippen LogP) is 1.80. The van der Waals surface area contributed by atoms with Crippen LogP contribution in [0.1, 0.15) is 34.1 Å². The van der Waals surface area contributed by atoms with Crippen molar-refractivity contribution in [2.45, 2.75) is 46.2 Å². The number of hydrogen-bond donors (Lipinski definition) is 1. The zero-order chi connectivity index (χ0) is 8.69. The van der Waals surface area contributed by atoms with Gasteiger partial charge in [0.25, 0.3) is 0 Å². The van der Waals surface area contributed by atoms with E-state index in [0.717, 1.165) is 13.2 Å². The predicted molar refractivity (Wildman–Crippen MR) is 48.8 cm³/mol. The maximum atomic E-state index is 5.28. The Balaban J connectivity index is 3.27. The normalized spacial score (nSPS) is 16.4. The fraction of sp³-hybridized carbons (Fsp3) is 1.00. The molecule has 2 atom stereocenters. The fourth-order valence-corrected chi connectivity index (χ4v) is 0.946. The molecule has 0 spiro atoms. The van der Waals surface area contributed by atoms with Gasteiger partial charge in [0.15, 0.2) is 0 Å². The molecule has 0 aromatic carbocycles. The molecule has 0 aromatic heterocycles. The Labute approximate surface area is 70.3 Å². The maximum Gasteiger partial charge on any atom is 0.0616 e. The third-order valence-electron chi connectivity index (χ3n) is 1.75. The molecule has 11 heavy (non-hydrogen) atoms. The molecule has 2 nitrogen and oxygen atoms in total. The molecule has 0 amide bonds. The summed E-state index contributed by atoms with van der Waals surface area (Å²) >= 11 is 0. The van der Waals surface area contributed by atoms with Crippen molar-refractivity contribution < 1.29 is 4.74 Å². The molecular weight excluding hydrogens is 138 g/mol. The van der Waals surface area contributed by atoms with E-state index in [1.807, 2.05) is 6.92 Å². The average molecular weight is 159 g/mol. The second-order valence-corrected chi connectivity index (χ2v) is 3.04. The second kappa shape index (κ2) is 6.62. The summed E-state index contributed by atoms with van der Waals surface area (Å²) in [7, 11) is 0. The van der Waals surface area contributed by atoms with Gasteiger partial charge in [-0.25, -0.2) is 0 Å². The van der Waals surface area contributed by atoms with Gasteiger partial charge in [-0.3, -0.25) is 0 Å². The third kappa shape index (κ3) is 6.32. The van der Waals surface area contributed by atoms with Crippen molar-refractivity contribution in [1.29, 1.82) is 0 Å². The molecule has 2 unspecified atom stereocenters. The summed E-state index contributed by atoms with van der Waals surface area (Å²) < 4.78 is 5.28. The van der Waals surface area contributed by atoms with E-state index < -0.39 is 0 Å². The van der Waals surface area contributed by atoms with Gasteiger partial charge in [0.05, 0.1) is 6.61 Å². The first kappa shape index (κ1) is 10.9. The molecule has 0 aliphatic heterocycles. The molecule has 0 aliphatic carbocycles. The Bertz CT molecular complexity index is 85.6. The van der Waals surface area contributed by atoms with Crippen LogP contribution in [0.15, 0.2) is 0 Å². The average Bonchev–Trinajstić information content (AvgIpc) is 2.00. The number of ether oxygens (including phenoxy) is 1.